The number of hydrogen-bond donors (Lipinski definition) is 1. The van der Waals surface area contributed by atoms with Crippen molar-refractivity contribution in [3.05, 3.63) is 30.3 Å². The maximum absolute atomic E-state index is 12.2. The van der Waals surface area contributed by atoms with Crippen LogP contribution < -0.4 is 5.32 Å². The maximum Gasteiger partial charge on any atom is 0.0545 e. The second kappa shape index (κ2) is 6.31. The minimum atomic E-state index is -0.924. The number of hydrogen-bond acceptors (Lipinski definition) is 2. The highest BCUT2D eigenvalue weighted by atomic mass is 32.2. The summed E-state index contributed by atoms with van der Waals surface area (Å²) < 4.78 is 12.2. The molecule has 0 bridgehead atoms. The molecule has 3 heteroatoms. The summed E-state index contributed by atoms with van der Waals surface area (Å²) in [5.74, 6) is 0.668. The molecule has 0 radical (unpaired) electrons. The van der Waals surface area contributed by atoms with Gasteiger partial charge in [-0.25, -0.2) is 0 Å². The summed E-state index contributed by atoms with van der Waals surface area (Å²) in [5, 5.41) is 3.43. The SMILES string of the molecule is CCNC(CS(=O)c1ccccc1)C(C)(C)C. The molecule has 0 aromatic heterocycles. The minimum absolute atomic E-state index is 0.125. The third-order valence-electron chi connectivity index (χ3n) is 2.82. The van der Waals surface area contributed by atoms with Crippen LogP contribution in [0.5, 0.6) is 0 Å². The van der Waals surface area contributed by atoms with E-state index in [2.05, 4.69) is 33.0 Å². The molecule has 0 aliphatic carbocycles. The average Bonchev–Trinajstić information content (AvgIpc) is 2.28. The van der Waals surface area contributed by atoms with Gasteiger partial charge in [0.15, 0.2) is 0 Å². The van der Waals surface area contributed by atoms with Crippen molar-refractivity contribution in [2.24, 2.45) is 5.41 Å². The lowest BCUT2D eigenvalue weighted by Crippen LogP contribution is -2.44. The van der Waals surface area contributed by atoms with Gasteiger partial charge in [0, 0.05) is 16.7 Å². The predicted molar refractivity (Wildman–Crippen MR) is 74.6 cm³/mol. The van der Waals surface area contributed by atoms with Gasteiger partial charge in [0.2, 0.25) is 0 Å². The summed E-state index contributed by atoms with van der Waals surface area (Å²) in [6.45, 7) is 9.55. The molecule has 0 saturated heterocycles. The molecule has 0 fully saturated rings. The molecule has 2 nitrogen and oxygen atoms in total. The summed E-state index contributed by atoms with van der Waals surface area (Å²) >= 11 is 0. The molecule has 0 amide bonds. The van der Waals surface area contributed by atoms with Gasteiger partial charge in [-0.15, -0.1) is 0 Å². The van der Waals surface area contributed by atoms with Gasteiger partial charge < -0.3 is 5.32 Å². The third kappa shape index (κ3) is 4.60. The van der Waals surface area contributed by atoms with Crippen LogP contribution in [0.2, 0.25) is 0 Å². The van der Waals surface area contributed by atoms with Crippen LogP contribution in [0.15, 0.2) is 35.2 Å². The van der Waals surface area contributed by atoms with Crippen molar-refractivity contribution < 1.29 is 4.21 Å². The Labute approximate surface area is 107 Å². The van der Waals surface area contributed by atoms with Crippen LogP contribution >= 0.6 is 0 Å². The summed E-state index contributed by atoms with van der Waals surface area (Å²) in [4.78, 5) is 0.916. The summed E-state index contributed by atoms with van der Waals surface area (Å²) in [6.07, 6.45) is 0. The van der Waals surface area contributed by atoms with Gasteiger partial charge in [0.05, 0.1) is 10.8 Å². The van der Waals surface area contributed by atoms with E-state index < -0.39 is 10.8 Å². The Morgan fingerprint density at radius 2 is 1.82 bits per heavy atom. The highest BCUT2D eigenvalue weighted by molar-refractivity contribution is 7.85. The van der Waals surface area contributed by atoms with Crippen molar-refractivity contribution in [3.63, 3.8) is 0 Å². The lowest BCUT2D eigenvalue weighted by atomic mass is 9.88. The van der Waals surface area contributed by atoms with Gasteiger partial charge in [-0.05, 0) is 24.1 Å². The molecule has 1 aromatic rings. The van der Waals surface area contributed by atoms with E-state index in [1.807, 2.05) is 30.3 Å². The van der Waals surface area contributed by atoms with Gasteiger partial charge >= 0.3 is 0 Å². The fraction of sp³-hybridized carbons (Fsp3) is 0.571. The molecule has 2 unspecified atom stereocenters. The first kappa shape index (κ1) is 14.4. The van der Waals surface area contributed by atoms with Gasteiger partial charge in [-0.3, -0.25) is 4.21 Å². The number of benzene rings is 1. The van der Waals surface area contributed by atoms with Gasteiger partial charge in [0.1, 0.15) is 0 Å². The third-order valence-corrected chi connectivity index (χ3v) is 4.25. The van der Waals surface area contributed by atoms with Crippen LogP contribution in [-0.4, -0.2) is 22.5 Å². The van der Waals surface area contributed by atoms with E-state index in [4.69, 9.17) is 0 Å². The molecule has 0 spiro atoms. The standard InChI is InChI=1S/C14H23NOS/c1-5-15-13(14(2,3)4)11-17(16)12-9-7-6-8-10-12/h6-10,13,15H,5,11H2,1-4H3. The van der Waals surface area contributed by atoms with Crippen LogP contribution in [0.3, 0.4) is 0 Å². The van der Waals surface area contributed by atoms with E-state index in [1.165, 1.54) is 0 Å². The van der Waals surface area contributed by atoms with E-state index in [0.717, 1.165) is 11.4 Å². The lowest BCUT2D eigenvalue weighted by molar-refractivity contribution is 0.294. The fourth-order valence-electron chi connectivity index (χ4n) is 1.68. The summed E-state index contributed by atoms with van der Waals surface area (Å²) in [5.41, 5.74) is 0.125. The van der Waals surface area contributed by atoms with Crippen LogP contribution in [0.25, 0.3) is 0 Å². The molecule has 0 heterocycles. The van der Waals surface area contributed by atoms with Crippen molar-refractivity contribution in [1.82, 2.24) is 5.32 Å². The number of rotatable bonds is 5. The molecule has 2 atom stereocenters. The molecular weight excluding hydrogens is 230 g/mol. The Bertz CT molecular complexity index is 356. The van der Waals surface area contributed by atoms with E-state index in [9.17, 15) is 4.21 Å². The Morgan fingerprint density at radius 1 is 1.24 bits per heavy atom. The molecule has 1 rings (SSSR count). The quantitative estimate of drug-likeness (QED) is 0.874. The highest BCUT2D eigenvalue weighted by Gasteiger charge is 2.25. The molecule has 0 aliphatic heterocycles. The molecule has 1 aromatic carbocycles. The van der Waals surface area contributed by atoms with Crippen molar-refractivity contribution in [2.45, 2.75) is 38.6 Å². The summed E-state index contributed by atoms with van der Waals surface area (Å²) in [7, 11) is -0.924. The van der Waals surface area contributed by atoms with E-state index in [1.54, 1.807) is 0 Å². The normalized spacial score (nSPS) is 15.5. The lowest BCUT2D eigenvalue weighted by Gasteiger charge is -2.31. The second-order valence-corrected chi connectivity index (χ2v) is 6.80. The molecule has 0 aliphatic rings. The van der Waals surface area contributed by atoms with Crippen LogP contribution in [0.4, 0.5) is 0 Å². The first-order chi connectivity index (χ1) is 7.95. The molecule has 1 N–H and O–H groups in total. The second-order valence-electron chi connectivity index (χ2n) is 5.30. The summed E-state index contributed by atoms with van der Waals surface area (Å²) in [6, 6.07) is 9.96. The van der Waals surface area contributed by atoms with Crippen LogP contribution in [0.1, 0.15) is 27.7 Å². The average molecular weight is 253 g/mol. The van der Waals surface area contributed by atoms with E-state index in [0.29, 0.717) is 5.75 Å². The zero-order valence-electron chi connectivity index (χ0n) is 11.2. The Balaban J connectivity index is 2.71. The fourth-order valence-corrected chi connectivity index (χ4v) is 3.26. The van der Waals surface area contributed by atoms with E-state index >= 15 is 0 Å². The monoisotopic (exact) mass is 253 g/mol. The molecule has 0 saturated carbocycles. The van der Waals surface area contributed by atoms with Crippen molar-refractivity contribution in [3.8, 4) is 0 Å². The first-order valence-corrected chi connectivity index (χ1v) is 7.44. The van der Waals surface area contributed by atoms with Gasteiger partial charge in [-0.2, -0.15) is 0 Å². The zero-order valence-corrected chi connectivity index (χ0v) is 12.0. The largest absolute Gasteiger partial charge is 0.313 e. The smallest absolute Gasteiger partial charge is 0.0545 e. The van der Waals surface area contributed by atoms with Crippen molar-refractivity contribution in [1.29, 1.82) is 0 Å². The zero-order chi connectivity index (χ0) is 12.9. The number of nitrogens with one attached hydrogen (secondary N) is 1. The molecular formula is C14H23NOS. The highest BCUT2D eigenvalue weighted by Crippen LogP contribution is 2.21. The minimum Gasteiger partial charge on any atom is -0.313 e. The Hall–Kier alpha value is -0.670. The van der Waals surface area contributed by atoms with Gasteiger partial charge in [0.25, 0.3) is 0 Å². The van der Waals surface area contributed by atoms with Crippen LogP contribution in [-0.2, 0) is 10.8 Å². The van der Waals surface area contributed by atoms with Gasteiger partial charge in [-0.1, -0.05) is 45.9 Å². The topological polar surface area (TPSA) is 29.1 Å². The maximum atomic E-state index is 12.2. The van der Waals surface area contributed by atoms with Crippen molar-refractivity contribution in [2.75, 3.05) is 12.3 Å². The van der Waals surface area contributed by atoms with Crippen molar-refractivity contribution >= 4 is 10.8 Å². The van der Waals surface area contributed by atoms with E-state index in [-0.39, 0.29) is 11.5 Å². The van der Waals surface area contributed by atoms with Crippen LogP contribution in [0, 0.1) is 5.41 Å². The first-order valence-electron chi connectivity index (χ1n) is 6.12. The Kier molecular flexibility index (Phi) is 5.34. The molecule has 17 heavy (non-hydrogen) atoms. The molecule has 96 valence electrons. The predicted octanol–water partition coefficient (Wildman–Crippen LogP) is 2.82. The Morgan fingerprint density at radius 3 is 2.29 bits per heavy atom.